The van der Waals surface area contributed by atoms with E-state index in [2.05, 4.69) is 23.7 Å². The molecule has 1 aromatic carbocycles. The Balaban J connectivity index is 2.18. The predicted octanol–water partition coefficient (Wildman–Crippen LogP) is 2.34. The van der Waals surface area contributed by atoms with Crippen LogP contribution >= 0.6 is 0 Å². The normalized spacial score (nSPS) is 12.8. The summed E-state index contributed by atoms with van der Waals surface area (Å²) in [4.78, 5) is 17.0. The topological polar surface area (TPSA) is 62.1 Å². The number of benzene rings is 1. The number of H-pyrrole nitrogens is 1. The molecule has 2 aromatic rings. The summed E-state index contributed by atoms with van der Waals surface area (Å²) in [6, 6.07) is 9.82. The van der Waals surface area contributed by atoms with Gasteiger partial charge in [0.1, 0.15) is 5.82 Å². The lowest BCUT2D eigenvalue weighted by Crippen LogP contribution is -2.32. The number of hydrogen-bond acceptors (Lipinski definition) is 3. The van der Waals surface area contributed by atoms with Crippen LogP contribution in [0.5, 0.6) is 0 Å². The highest BCUT2D eigenvalue weighted by atomic mass is 16.1. The molecule has 0 radical (unpaired) electrons. The van der Waals surface area contributed by atoms with E-state index in [1.165, 1.54) is 0 Å². The Kier molecular flexibility index (Phi) is 4.45. The Morgan fingerprint density at radius 2 is 2.00 bits per heavy atom. The monoisotopic (exact) mass is 273 g/mol. The fraction of sp³-hybridized carbons (Fsp3) is 0.438. The van der Waals surface area contributed by atoms with Gasteiger partial charge in [-0.2, -0.15) is 0 Å². The Morgan fingerprint density at radius 3 is 2.70 bits per heavy atom. The zero-order valence-corrected chi connectivity index (χ0v) is 12.4. The van der Waals surface area contributed by atoms with Gasteiger partial charge in [-0.15, -0.1) is 0 Å². The van der Waals surface area contributed by atoms with E-state index in [0.717, 1.165) is 29.6 Å². The lowest BCUT2D eigenvalue weighted by atomic mass is 10.0. The first-order chi connectivity index (χ1) is 9.49. The number of anilines is 1. The molecule has 1 aromatic heterocycles. The number of aromatic nitrogens is 1. The SMILES string of the molecule is CC(C)C(N)CCN(C)c1cc2ccccc2c(=O)[nH]1. The van der Waals surface area contributed by atoms with Crippen molar-refractivity contribution < 1.29 is 0 Å². The molecule has 0 spiro atoms. The number of hydrogen-bond donors (Lipinski definition) is 2. The number of rotatable bonds is 5. The fourth-order valence-corrected chi connectivity index (χ4v) is 2.20. The molecule has 0 saturated carbocycles. The van der Waals surface area contributed by atoms with E-state index < -0.39 is 0 Å². The van der Waals surface area contributed by atoms with Crippen LogP contribution in [-0.4, -0.2) is 24.6 Å². The summed E-state index contributed by atoms with van der Waals surface area (Å²) >= 11 is 0. The minimum absolute atomic E-state index is 0.0434. The number of aromatic amines is 1. The second-order valence-corrected chi connectivity index (χ2v) is 5.69. The van der Waals surface area contributed by atoms with Crippen LogP contribution in [0.4, 0.5) is 5.82 Å². The van der Waals surface area contributed by atoms with Gasteiger partial charge in [0.2, 0.25) is 0 Å². The first kappa shape index (κ1) is 14.6. The van der Waals surface area contributed by atoms with Gasteiger partial charge in [-0.1, -0.05) is 32.0 Å². The lowest BCUT2D eigenvalue weighted by molar-refractivity contribution is 0.465. The van der Waals surface area contributed by atoms with Crippen molar-refractivity contribution in [2.24, 2.45) is 11.7 Å². The maximum Gasteiger partial charge on any atom is 0.257 e. The zero-order chi connectivity index (χ0) is 14.7. The highest BCUT2D eigenvalue weighted by Crippen LogP contribution is 2.16. The van der Waals surface area contributed by atoms with Crippen LogP contribution < -0.4 is 16.2 Å². The minimum atomic E-state index is -0.0434. The molecular weight excluding hydrogens is 250 g/mol. The molecule has 0 saturated heterocycles. The highest BCUT2D eigenvalue weighted by Gasteiger charge is 2.10. The van der Waals surface area contributed by atoms with E-state index in [4.69, 9.17) is 5.73 Å². The lowest BCUT2D eigenvalue weighted by Gasteiger charge is -2.23. The summed E-state index contributed by atoms with van der Waals surface area (Å²) in [5.41, 5.74) is 6.02. The molecule has 0 aliphatic rings. The predicted molar refractivity (Wildman–Crippen MR) is 85.3 cm³/mol. The van der Waals surface area contributed by atoms with Gasteiger partial charge in [0.25, 0.3) is 5.56 Å². The number of nitrogens with zero attached hydrogens (tertiary/aromatic N) is 1. The van der Waals surface area contributed by atoms with Crippen LogP contribution in [0, 0.1) is 5.92 Å². The van der Waals surface area contributed by atoms with Crippen LogP contribution in [0.15, 0.2) is 35.1 Å². The molecule has 4 heteroatoms. The van der Waals surface area contributed by atoms with E-state index in [-0.39, 0.29) is 11.6 Å². The quantitative estimate of drug-likeness (QED) is 0.879. The summed E-state index contributed by atoms with van der Waals surface area (Å²) in [6.07, 6.45) is 0.906. The smallest absolute Gasteiger partial charge is 0.257 e. The molecule has 3 N–H and O–H groups in total. The van der Waals surface area contributed by atoms with Crippen molar-refractivity contribution in [2.45, 2.75) is 26.3 Å². The van der Waals surface area contributed by atoms with Gasteiger partial charge < -0.3 is 15.6 Å². The molecular formula is C16H23N3O. The van der Waals surface area contributed by atoms with Crippen LogP contribution in [0.2, 0.25) is 0 Å². The van der Waals surface area contributed by atoms with Crippen molar-refractivity contribution in [1.82, 2.24) is 4.98 Å². The Morgan fingerprint density at radius 1 is 1.30 bits per heavy atom. The molecule has 1 heterocycles. The molecule has 2 rings (SSSR count). The van der Waals surface area contributed by atoms with E-state index in [9.17, 15) is 4.79 Å². The number of nitrogens with two attached hydrogens (primary N) is 1. The minimum Gasteiger partial charge on any atom is -0.361 e. The number of fused-ring (bicyclic) bond motifs is 1. The van der Waals surface area contributed by atoms with Gasteiger partial charge in [-0.3, -0.25) is 4.79 Å². The summed E-state index contributed by atoms with van der Waals surface area (Å²) in [5, 5.41) is 1.69. The maximum atomic E-state index is 12.0. The first-order valence-electron chi connectivity index (χ1n) is 7.08. The maximum absolute atomic E-state index is 12.0. The average Bonchev–Trinajstić information content (AvgIpc) is 2.44. The third-order valence-electron chi connectivity index (χ3n) is 3.80. The van der Waals surface area contributed by atoms with E-state index in [1.807, 2.05) is 37.4 Å². The van der Waals surface area contributed by atoms with Crippen molar-refractivity contribution in [3.8, 4) is 0 Å². The molecule has 4 nitrogen and oxygen atoms in total. The third-order valence-corrected chi connectivity index (χ3v) is 3.80. The summed E-state index contributed by atoms with van der Waals surface area (Å²) in [5.74, 6) is 1.31. The van der Waals surface area contributed by atoms with Crippen molar-refractivity contribution in [1.29, 1.82) is 0 Å². The first-order valence-corrected chi connectivity index (χ1v) is 7.08. The number of pyridine rings is 1. The third kappa shape index (κ3) is 3.20. The van der Waals surface area contributed by atoms with E-state index in [0.29, 0.717) is 5.92 Å². The van der Waals surface area contributed by atoms with Gasteiger partial charge in [-0.25, -0.2) is 0 Å². The standard InChI is InChI=1S/C16H23N3O/c1-11(2)14(17)8-9-19(3)15-10-12-6-4-5-7-13(12)16(20)18-15/h4-7,10-11,14H,8-9,17H2,1-3H3,(H,18,20). The second kappa shape index (κ2) is 6.09. The van der Waals surface area contributed by atoms with Crippen LogP contribution in [0.25, 0.3) is 10.8 Å². The van der Waals surface area contributed by atoms with Crippen molar-refractivity contribution >= 4 is 16.6 Å². The van der Waals surface area contributed by atoms with Gasteiger partial charge in [0.05, 0.1) is 0 Å². The molecule has 1 unspecified atom stereocenters. The van der Waals surface area contributed by atoms with Gasteiger partial charge >= 0.3 is 0 Å². The van der Waals surface area contributed by atoms with Gasteiger partial charge in [0.15, 0.2) is 0 Å². The van der Waals surface area contributed by atoms with E-state index >= 15 is 0 Å². The van der Waals surface area contributed by atoms with Crippen LogP contribution in [0.1, 0.15) is 20.3 Å². The van der Waals surface area contributed by atoms with Crippen LogP contribution in [0.3, 0.4) is 0 Å². The Labute approximate surface area is 119 Å². The van der Waals surface area contributed by atoms with Crippen molar-refractivity contribution in [3.05, 3.63) is 40.7 Å². The zero-order valence-electron chi connectivity index (χ0n) is 12.4. The number of nitrogens with one attached hydrogen (secondary N) is 1. The Bertz CT molecular complexity index is 633. The molecule has 0 bridgehead atoms. The summed E-state index contributed by atoms with van der Waals surface area (Å²) in [6.45, 7) is 5.08. The van der Waals surface area contributed by atoms with Crippen molar-refractivity contribution in [2.75, 3.05) is 18.5 Å². The van der Waals surface area contributed by atoms with Gasteiger partial charge in [0, 0.05) is 25.0 Å². The average molecular weight is 273 g/mol. The van der Waals surface area contributed by atoms with E-state index in [1.54, 1.807) is 0 Å². The fourth-order valence-electron chi connectivity index (χ4n) is 2.20. The molecule has 0 aliphatic heterocycles. The largest absolute Gasteiger partial charge is 0.361 e. The molecule has 20 heavy (non-hydrogen) atoms. The molecule has 1 atom stereocenters. The summed E-state index contributed by atoms with van der Waals surface area (Å²) in [7, 11) is 1.98. The molecule has 0 aliphatic carbocycles. The highest BCUT2D eigenvalue weighted by molar-refractivity contribution is 5.83. The molecule has 0 amide bonds. The van der Waals surface area contributed by atoms with Crippen LogP contribution in [-0.2, 0) is 0 Å². The van der Waals surface area contributed by atoms with Gasteiger partial charge in [-0.05, 0) is 29.9 Å². The molecule has 0 fully saturated rings. The van der Waals surface area contributed by atoms with Crippen molar-refractivity contribution in [3.63, 3.8) is 0 Å². The Hall–Kier alpha value is -1.81. The summed E-state index contributed by atoms with van der Waals surface area (Å²) < 4.78 is 0. The molecule has 108 valence electrons. The second-order valence-electron chi connectivity index (χ2n) is 5.69.